The second-order valence-corrected chi connectivity index (χ2v) is 6.89. The Labute approximate surface area is 158 Å². The van der Waals surface area contributed by atoms with Crippen LogP contribution in [-0.4, -0.2) is 38.7 Å². The first-order chi connectivity index (χ1) is 13.2. The van der Waals surface area contributed by atoms with Crippen molar-refractivity contribution in [1.82, 2.24) is 14.5 Å². The van der Waals surface area contributed by atoms with E-state index in [1.165, 1.54) is 5.56 Å². The first-order valence-electron chi connectivity index (χ1n) is 9.20. The highest BCUT2D eigenvalue weighted by atomic mass is 16.4. The summed E-state index contributed by atoms with van der Waals surface area (Å²) >= 11 is 0. The van der Waals surface area contributed by atoms with Gasteiger partial charge < -0.3 is 14.6 Å². The van der Waals surface area contributed by atoms with Crippen LogP contribution in [0.15, 0.2) is 61.1 Å². The predicted octanol–water partition coefficient (Wildman–Crippen LogP) is 3.41. The quantitative estimate of drug-likeness (QED) is 0.753. The maximum absolute atomic E-state index is 11.2. The van der Waals surface area contributed by atoms with Crippen molar-refractivity contribution in [3.05, 3.63) is 78.1 Å². The van der Waals surface area contributed by atoms with Crippen molar-refractivity contribution in [2.24, 2.45) is 0 Å². The van der Waals surface area contributed by atoms with Crippen LogP contribution in [0.5, 0.6) is 0 Å². The van der Waals surface area contributed by atoms with E-state index in [0.29, 0.717) is 5.92 Å². The molecular weight excluding hydrogens is 340 g/mol. The zero-order chi connectivity index (χ0) is 18.6. The fourth-order valence-corrected chi connectivity index (χ4v) is 3.75. The van der Waals surface area contributed by atoms with Crippen LogP contribution in [0.3, 0.4) is 0 Å². The van der Waals surface area contributed by atoms with Gasteiger partial charge in [-0.3, -0.25) is 0 Å². The van der Waals surface area contributed by atoms with Crippen molar-refractivity contribution in [2.75, 3.05) is 18.0 Å². The molecule has 1 aliphatic heterocycles. The molecule has 0 bridgehead atoms. The SMILES string of the molecule is O=C(O)c1cc(N2CCCC(c3nccn3Cc3ccccc3)C2)ccn1. The number of carbonyl (C=O) groups is 1. The molecule has 2 aromatic heterocycles. The Balaban J connectivity index is 1.53. The molecule has 1 atom stereocenters. The van der Waals surface area contributed by atoms with Crippen LogP contribution < -0.4 is 4.90 Å². The summed E-state index contributed by atoms with van der Waals surface area (Å²) in [5, 5.41) is 9.19. The number of imidazole rings is 1. The molecule has 0 spiro atoms. The van der Waals surface area contributed by atoms with Gasteiger partial charge in [0.1, 0.15) is 11.5 Å². The molecule has 0 saturated carbocycles. The highest BCUT2D eigenvalue weighted by molar-refractivity contribution is 5.86. The minimum atomic E-state index is -0.996. The summed E-state index contributed by atoms with van der Waals surface area (Å²) in [6.07, 6.45) is 7.61. The number of carboxylic acid groups (broad SMARTS) is 1. The molecule has 6 heteroatoms. The number of carboxylic acids is 1. The number of anilines is 1. The molecular formula is C21H22N4O2. The van der Waals surface area contributed by atoms with E-state index < -0.39 is 5.97 Å². The lowest BCUT2D eigenvalue weighted by molar-refractivity contribution is 0.0690. The van der Waals surface area contributed by atoms with Crippen LogP contribution in [-0.2, 0) is 6.54 Å². The average molecular weight is 362 g/mol. The number of pyridine rings is 1. The van der Waals surface area contributed by atoms with Crippen molar-refractivity contribution in [3.8, 4) is 0 Å². The van der Waals surface area contributed by atoms with Gasteiger partial charge in [-0.15, -0.1) is 0 Å². The maximum atomic E-state index is 11.2. The summed E-state index contributed by atoms with van der Waals surface area (Å²) in [7, 11) is 0. The molecule has 1 unspecified atom stereocenters. The van der Waals surface area contributed by atoms with Crippen molar-refractivity contribution in [3.63, 3.8) is 0 Å². The third kappa shape index (κ3) is 3.84. The first-order valence-corrected chi connectivity index (χ1v) is 9.20. The van der Waals surface area contributed by atoms with E-state index in [2.05, 4.69) is 43.7 Å². The molecule has 27 heavy (non-hydrogen) atoms. The van der Waals surface area contributed by atoms with Gasteiger partial charge in [-0.05, 0) is 30.5 Å². The summed E-state index contributed by atoms with van der Waals surface area (Å²) in [5.74, 6) is 0.416. The fourth-order valence-electron chi connectivity index (χ4n) is 3.75. The van der Waals surface area contributed by atoms with E-state index in [-0.39, 0.29) is 5.69 Å². The van der Waals surface area contributed by atoms with Crippen LogP contribution >= 0.6 is 0 Å². The van der Waals surface area contributed by atoms with Crippen LogP contribution in [0.25, 0.3) is 0 Å². The van der Waals surface area contributed by atoms with Gasteiger partial charge in [-0.1, -0.05) is 30.3 Å². The molecule has 1 saturated heterocycles. The Morgan fingerprint density at radius 1 is 1.15 bits per heavy atom. The second-order valence-electron chi connectivity index (χ2n) is 6.89. The summed E-state index contributed by atoms with van der Waals surface area (Å²) < 4.78 is 2.22. The number of nitrogens with zero attached hydrogens (tertiary/aromatic N) is 4. The standard InChI is InChI=1S/C21H22N4O2/c26-21(27)19-13-18(8-9-22-19)24-11-4-7-17(15-24)20-23-10-12-25(20)14-16-5-2-1-3-6-16/h1-3,5-6,8-10,12-13,17H,4,7,11,14-15H2,(H,26,27). The van der Waals surface area contributed by atoms with Gasteiger partial charge in [0.2, 0.25) is 0 Å². The number of piperidine rings is 1. The molecule has 0 aliphatic carbocycles. The van der Waals surface area contributed by atoms with Crippen LogP contribution in [0.4, 0.5) is 5.69 Å². The second kappa shape index (κ2) is 7.61. The van der Waals surface area contributed by atoms with Gasteiger partial charge in [0, 0.05) is 49.8 Å². The molecule has 3 aromatic rings. The molecule has 0 amide bonds. The van der Waals surface area contributed by atoms with Gasteiger partial charge in [0.15, 0.2) is 0 Å². The molecule has 1 aliphatic rings. The van der Waals surface area contributed by atoms with Gasteiger partial charge >= 0.3 is 5.97 Å². The van der Waals surface area contributed by atoms with Crippen molar-refractivity contribution in [1.29, 1.82) is 0 Å². The lowest BCUT2D eigenvalue weighted by atomic mass is 9.96. The summed E-state index contributed by atoms with van der Waals surface area (Å²) in [6, 6.07) is 13.9. The zero-order valence-corrected chi connectivity index (χ0v) is 15.0. The van der Waals surface area contributed by atoms with E-state index in [1.54, 1.807) is 12.3 Å². The van der Waals surface area contributed by atoms with E-state index in [9.17, 15) is 9.90 Å². The molecule has 3 heterocycles. The Morgan fingerprint density at radius 3 is 2.81 bits per heavy atom. The van der Waals surface area contributed by atoms with Gasteiger partial charge in [0.25, 0.3) is 0 Å². The smallest absolute Gasteiger partial charge is 0.354 e. The van der Waals surface area contributed by atoms with E-state index in [1.807, 2.05) is 24.5 Å². The molecule has 1 fully saturated rings. The first kappa shape index (κ1) is 17.3. The molecule has 4 rings (SSSR count). The van der Waals surface area contributed by atoms with E-state index >= 15 is 0 Å². The molecule has 6 nitrogen and oxygen atoms in total. The van der Waals surface area contributed by atoms with Crippen LogP contribution in [0, 0.1) is 0 Å². The third-order valence-electron chi connectivity index (χ3n) is 5.06. The fraction of sp³-hybridized carbons (Fsp3) is 0.286. The molecule has 0 radical (unpaired) electrons. The normalized spacial score (nSPS) is 17.0. The van der Waals surface area contributed by atoms with E-state index in [0.717, 1.165) is 44.0 Å². The number of aromatic nitrogens is 3. The number of hydrogen-bond acceptors (Lipinski definition) is 4. The van der Waals surface area contributed by atoms with Gasteiger partial charge in [-0.25, -0.2) is 14.8 Å². The van der Waals surface area contributed by atoms with Crippen molar-refractivity contribution < 1.29 is 9.90 Å². The highest BCUT2D eigenvalue weighted by Crippen LogP contribution is 2.29. The van der Waals surface area contributed by atoms with Gasteiger partial charge in [-0.2, -0.15) is 0 Å². The zero-order valence-electron chi connectivity index (χ0n) is 15.0. The Bertz CT molecular complexity index is 923. The van der Waals surface area contributed by atoms with Crippen LogP contribution in [0.1, 0.15) is 40.6 Å². The minimum Gasteiger partial charge on any atom is -0.477 e. The number of rotatable bonds is 5. The van der Waals surface area contributed by atoms with Crippen molar-refractivity contribution >= 4 is 11.7 Å². The van der Waals surface area contributed by atoms with E-state index in [4.69, 9.17) is 0 Å². The Kier molecular flexibility index (Phi) is 4.87. The maximum Gasteiger partial charge on any atom is 0.354 e. The average Bonchev–Trinajstić information content (AvgIpc) is 3.17. The largest absolute Gasteiger partial charge is 0.477 e. The summed E-state index contributed by atoms with van der Waals surface area (Å²) in [5.41, 5.74) is 2.25. The minimum absolute atomic E-state index is 0.0835. The Hall–Kier alpha value is -3.15. The third-order valence-corrected chi connectivity index (χ3v) is 5.06. The monoisotopic (exact) mass is 362 g/mol. The lowest BCUT2D eigenvalue weighted by Crippen LogP contribution is -2.35. The lowest BCUT2D eigenvalue weighted by Gasteiger charge is -2.34. The van der Waals surface area contributed by atoms with Crippen molar-refractivity contribution in [2.45, 2.75) is 25.3 Å². The predicted molar refractivity (Wildman–Crippen MR) is 103 cm³/mol. The Morgan fingerprint density at radius 2 is 2.00 bits per heavy atom. The molecule has 1 aromatic carbocycles. The number of benzene rings is 1. The van der Waals surface area contributed by atoms with Crippen LogP contribution in [0.2, 0.25) is 0 Å². The molecule has 138 valence electrons. The number of aromatic carboxylic acids is 1. The van der Waals surface area contributed by atoms with Gasteiger partial charge in [0.05, 0.1) is 0 Å². The number of hydrogen-bond donors (Lipinski definition) is 1. The molecule has 1 N–H and O–H groups in total. The topological polar surface area (TPSA) is 71.2 Å². The highest BCUT2D eigenvalue weighted by Gasteiger charge is 2.25. The summed E-state index contributed by atoms with van der Waals surface area (Å²) in [6.45, 7) is 2.55. The summed E-state index contributed by atoms with van der Waals surface area (Å²) in [4.78, 5) is 22.0.